The van der Waals surface area contributed by atoms with E-state index in [-0.39, 0.29) is 11.3 Å². The van der Waals surface area contributed by atoms with Crippen molar-refractivity contribution in [3.05, 3.63) is 29.8 Å². The lowest BCUT2D eigenvalue weighted by molar-refractivity contribution is -0.134. The minimum absolute atomic E-state index is 0.198. The first kappa shape index (κ1) is 10.8. The number of urea groups is 1. The van der Waals surface area contributed by atoms with Crippen LogP contribution in [-0.2, 0) is 9.59 Å². The summed E-state index contributed by atoms with van der Waals surface area (Å²) in [5.74, 6) is -2.55. The summed E-state index contributed by atoms with van der Waals surface area (Å²) in [6.07, 6.45) is 0. The molecule has 1 saturated heterocycles. The minimum atomic E-state index is -0.978. The Balaban J connectivity index is 2.35. The van der Waals surface area contributed by atoms with Crippen molar-refractivity contribution in [1.29, 1.82) is 0 Å². The van der Waals surface area contributed by atoms with Crippen molar-refractivity contribution < 1.29 is 19.2 Å². The van der Waals surface area contributed by atoms with Crippen LogP contribution in [0.2, 0.25) is 0 Å². The van der Waals surface area contributed by atoms with E-state index < -0.39 is 23.8 Å². The van der Waals surface area contributed by atoms with Crippen LogP contribution >= 0.6 is 0 Å². The Morgan fingerprint density at radius 2 is 1.71 bits per heavy atom. The molecule has 0 aromatic heterocycles. The molecule has 1 aromatic rings. The molecule has 0 spiro atoms. The summed E-state index contributed by atoms with van der Waals surface area (Å²) in [7, 11) is 0. The highest BCUT2D eigenvalue weighted by Gasteiger charge is 2.37. The summed E-state index contributed by atoms with van der Waals surface area (Å²) in [6.45, 7) is 0. The largest absolute Gasteiger partial charge is 0.366 e. The zero-order chi connectivity index (χ0) is 12.6. The molecule has 3 N–H and O–H groups in total. The van der Waals surface area contributed by atoms with E-state index in [2.05, 4.69) is 0 Å². The highest BCUT2D eigenvalue weighted by molar-refractivity contribution is 6.53. The number of nitrogens with two attached hydrogens (primary N) is 1. The van der Waals surface area contributed by atoms with Gasteiger partial charge in [-0.2, -0.15) is 0 Å². The molecule has 0 aliphatic carbocycles. The van der Waals surface area contributed by atoms with Gasteiger partial charge in [-0.05, 0) is 24.3 Å². The lowest BCUT2D eigenvalue weighted by Crippen LogP contribution is -2.30. The third kappa shape index (κ3) is 1.73. The maximum atomic E-state index is 11.3. The molecule has 86 valence electrons. The number of rotatable bonds is 2. The second kappa shape index (κ2) is 3.71. The van der Waals surface area contributed by atoms with Gasteiger partial charge in [-0.1, -0.05) is 0 Å². The molecule has 0 bridgehead atoms. The third-order valence-corrected chi connectivity index (χ3v) is 2.23. The number of carbonyl (C=O) groups is 4. The number of nitrogens with zero attached hydrogens (tertiary/aromatic N) is 1. The van der Waals surface area contributed by atoms with Gasteiger partial charge in [-0.15, -0.1) is 0 Å². The second-order valence-corrected chi connectivity index (χ2v) is 3.31. The molecule has 7 heteroatoms. The fourth-order valence-corrected chi connectivity index (χ4v) is 1.41. The van der Waals surface area contributed by atoms with Crippen molar-refractivity contribution in [2.45, 2.75) is 0 Å². The summed E-state index contributed by atoms with van der Waals surface area (Å²) in [5.41, 5.74) is 5.48. The van der Waals surface area contributed by atoms with Crippen molar-refractivity contribution in [1.82, 2.24) is 5.32 Å². The minimum Gasteiger partial charge on any atom is -0.366 e. The molecule has 0 unspecified atom stereocenters. The van der Waals surface area contributed by atoms with Gasteiger partial charge in [0.15, 0.2) is 0 Å². The molecule has 0 radical (unpaired) electrons. The number of nitrogens with one attached hydrogen (secondary N) is 1. The van der Waals surface area contributed by atoms with Crippen LogP contribution in [0.1, 0.15) is 10.4 Å². The molecule has 1 fully saturated rings. The van der Waals surface area contributed by atoms with Crippen LogP contribution in [0.15, 0.2) is 24.3 Å². The van der Waals surface area contributed by atoms with E-state index in [1.165, 1.54) is 24.3 Å². The maximum absolute atomic E-state index is 11.3. The number of hydrogen-bond acceptors (Lipinski definition) is 4. The van der Waals surface area contributed by atoms with Gasteiger partial charge in [0.2, 0.25) is 5.91 Å². The first-order valence-corrected chi connectivity index (χ1v) is 4.60. The predicted molar refractivity (Wildman–Crippen MR) is 56.0 cm³/mol. The standard InChI is InChI=1S/C10H7N3O4/c11-7(14)5-1-3-6(4-2-5)13-9(16)8(15)12-10(13)17/h1-4H,(H2,11,14)(H,12,15,17). The SMILES string of the molecule is NC(=O)c1ccc(N2C(=O)NC(=O)C2=O)cc1. The molecule has 1 aromatic carbocycles. The quantitative estimate of drug-likeness (QED) is 0.523. The van der Waals surface area contributed by atoms with Crippen molar-refractivity contribution in [3.63, 3.8) is 0 Å². The zero-order valence-electron chi connectivity index (χ0n) is 8.47. The summed E-state index contributed by atoms with van der Waals surface area (Å²) >= 11 is 0. The summed E-state index contributed by atoms with van der Waals surface area (Å²) in [4.78, 5) is 45.1. The Morgan fingerprint density at radius 3 is 2.12 bits per heavy atom. The van der Waals surface area contributed by atoms with Gasteiger partial charge >= 0.3 is 17.8 Å². The molecule has 17 heavy (non-hydrogen) atoms. The fraction of sp³-hybridized carbons (Fsp3) is 0. The Morgan fingerprint density at radius 1 is 1.12 bits per heavy atom. The fourth-order valence-electron chi connectivity index (χ4n) is 1.41. The van der Waals surface area contributed by atoms with E-state index in [4.69, 9.17) is 5.73 Å². The van der Waals surface area contributed by atoms with Crippen LogP contribution in [-0.4, -0.2) is 23.8 Å². The van der Waals surface area contributed by atoms with E-state index in [1.807, 2.05) is 5.32 Å². The van der Waals surface area contributed by atoms with Crippen LogP contribution < -0.4 is 16.0 Å². The molecule has 1 aliphatic rings. The van der Waals surface area contributed by atoms with Crippen LogP contribution in [0.3, 0.4) is 0 Å². The summed E-state index contributed by atoms with van der Waals surface area (Å²) < 4.78 is 0. The Bertz CT molecular complexity index is 535. The van der Waals surface area contributed by atoms with E-state index in [1.54, 1.807) is 0 Å². The van der Waals surface area contributed by atoms with E-state index in [0.717, 1.165) is 0 Å². The summed E-state index contributed by atoms with van der Waals surface area (Å²) in [6, 6.07) is 4.63. The normalized spacial score (nSPS) is 15.1. The number of imide groups is 2. The molecule has 1 heterocycles. The topological polar surface area (TPSA) is 110 Å². The first-order chi connectivity index (χ1) is 8.00. The molecule has 2 rings (SSSR count). The average Bonchev–Trinajstić information content (AvgIpc) is 2.53. The Kier molecular flexibility index (Phi) is 2.36. The second-order valence-electron chi connectivity index (χ2n) is 3.31. The van der Waals surface area contributed by atoms with Crippen molar-refractivity contribution >= 4 is 29.4 Å². The van der Waals surface area contributed by atoms with Crippen molar-refractivity contribution in [2.24, 2.45) is 5.73 Å². The van der Waals surface area contributed by atoms with Gasteiger partial charge in [-0.25, -0.2) is 9.69 Å². The van der Waals surface area contributed by atoms with Gasteiger partial charge < -0.3 is 5.73 Å². The van der Waals surface area contributed by atoms with Crippen molar-refractivity contribution in [3.8, 4) is 0 Å². The van der Waals surface area contributed by atoms with Gasteiger partial charge in [0.25, 0.3) is 0 Å². The number of amides is 5. The molecule has 0 saturated carbocycles. The summed E-state index contributed by atoms with van der Waals surface area (Å²) in [5, 5.41) is 1.86. The molecule has 7 nitrogen and oxygen atoms in total. The monoisotopic (exact) mass is 233 g/mol. The number of carbonyl (C=O) groups excluding carboxylic acids is 4. The maximum Gasteiger partial charge on any atom is 0.336 e. The molecule has 0 atom stereocenters. The van der Waals surface area contributed by atoms with E-state index in [9.17, 15) is 19.2 Å². The van der Waals surface area contributed by atoms with E-state index in [0.29, 0.717) is 4.90 Å². The number of benzene rings is 1. The Hall–Kier alpha value is -2.70. The van der Waals surface area contributed by atoms with E-state index >= 15 is 0 Å². The van der Waals surface area contributed by atoms with Gasteiger partial charge in [0, 0.05) is 5.56 Å². The van der Waals surface area contributed by atoms with Gasteiger partial charge in [0.05, 0.1) is 5.69 Å². The molecule has 5 amide bonds. The molecular formula is C10H7N3O4. The van der Waals surface area contributed by atoms with Gasteiger partial charge in [-0.3, -0.25) is 19.7 Å². The van der Waals surface area contributed by atoms with Crippen molar-refractivity contribution in [2.75, 3.05) is 4.90 Å². The smallest absolute Gasteiger partial charge is 0.336 e. The zero-order valence-corrected chi connectivity index (χ0v) is 8.47. The number of anilines is 1. The highest BCUT2D eigenvalue weighted by atomic mass is 16.2. The van der Waals surface area contributed by atoms with Crippen LogP contribution in [0.4, 0.5) is 10.5 Å². The third-order valence-electron chi connectivity index (χ3n) is 2.23. The number of hydrogen-bond donors (Lipinski definition) is 2. The van der Waals surface area contributed by atoms with Crippen LogP contribution in [0.5, 0.6) is 0 Å². The molecular weight excluding hydrogens is 226 g/mol. The molecule has 1 aliphatic heterocycles. The lowest BCUT2D eigenvalue weighted by atomic mass is 10.2. The first-order valence-electron chi connectivity index (χ1n) is 4.60. The predicted octanol–water partition coefficient (Wildman–Crippen LogP) is -0.632. The number of primary amides is 1. The van der Waals surface area contributed by atoms with Crippen LogP contribution in [0.25, 0.3) is 0 Å². The highest BCUT2D eigenvalue weighted by Crippen LogP contribution is 2.18. The average molecular weight is 233 g/mol. The lowest BCUT2D eigenvalue weighted by Gasteiger charge is -2.10. The van der Waals surface area contributed by atoms with Gasteiger partial charge in [0.1, 0.15) is 0 Å². The Labute approximate surface area is 95.2 Å². The van der Waals surface area contributed by atoms with Crippen LogP contribution in [0, 0.1) is 0 Å².